The van der Waals surface area contributed by atoms with Crippen LogP contribution in [0.15, 0.2) is 16.9 Å². The highest BCUT2D eigenvalue weighted by Gasteiger charge is 2.45. The van der Waals surface area contributed by atoms with E-state index in [1.54, 1.807) is 17.6 Å². The van der Waals surface area contributed by atoms with E-state index < -0.39 is 17.4 Å². The predicted octanol–water partition coefficient (Wildman–Crippen LogP) is 2.81. The molecule has 1 aromatic carbocycles. The molecule has 0 spiro atoms. The summed E-state index contributed by atoms with van der Waals surface area (Å²) in [6.45, 7) is 6.13. The summed E-state index contributed by atoms with van der Waals surface area (Å²) in [6.07, 6.45) is 0.0502. The number of benzene rings is 1. The number of rotatable bonds is 3. The first kappa shape index (κ1) is 21.8. The van der Waals surface area contributed by atoms with Crippen LogP contribution in [0.3, 0.4) is 0 Å². The molecule has 0 saturated heterocycles. The molecule has 0 saturated carbocycles. The molecule has 9 nitrogen and oxygen atoms in total. The van der Waals surface area contributed by atoms with Crippen molar-refractivity contribution in [2.75, 3.05) is 18.5 Å². The first-order valence-corrected chi connectivity index (χ1v) is 11.6. The van der Waals surface area contributed by atoms with Crippen molar-refractivity contribution in [2.45, 2.75) is 52.0 Å². The summed E-state index contributed by atoms with van der Waals surface area (Å²) in [6, 6.07) is 2.95. The van der Waals surface area contributed by atoms with Crippen LogP contribution in [0.1, 0.15) is 43.9 Å². The third-order valence-electron chi connectivity index (χ3n) is 6.85. The quantitative estimate of drug-likeness (QED) is 0.430. The first-order chi connectivity index (χ1) is 16.7. The van der Waals surface area contributed by atoms with Gasteiger partial charge < -0.3 is 29.2 Å². The van der Waals surface area contributed by atoms with Crippen molar-refractivity contribution >= 4 is 22.6 Å². The van der Waals surface area contributed by atoms with Gasteiger partial charge >= 0.3 is 5.97 Å². The summed E-state index contributed by atoms with van der Waals surface area (Å²) in [7, 11) is 0. The van der Waals surface area contributed by atoms with Crippen LogP contribution in [0, 0.1) is 5.82 Å². The van der Waals surface area contributed by atoms with Crippen LogP contribution < -0.4 is 20.3 Å². The molecule has 3 aliphatic heterocycles. The van der Waals surface area contributed by atoms with Crippen molar-refractivity contribution in [3.8, 4) is 22.9 Å². The number of pyridine rings is 2. The van der Waals surface area contributed by atoms with Gasteiger partial charge in [-0.2, -0.15) is 0 Å². The molecule has 0 aliphatic carbocycles. The molecule has 1 atom stereocenters. The molecule has 5 heterocycles. The lowest BCUT2D eigenvalue weighted by molar-refractivity contribution is -0.172. The minimum absolute atomic E-state index is 0.0137. The maximum absolute atomic E-state index is 14.9. The van der Waals surface area contributed by atoms with Gasteiger partial charge in [-0.05, 0) is 26.3 Å². The lowest BCUT2D eigenvalue weighted by atomic mass is 9.86. The Hall–Kier alpha value is -3.66. The number of hydrogen-bond acceptors (Lipinski definition) is 8. The number of aliphatic hydroxyl groups is 1. The van der Waals surface area contributed by atoms with E-state index in [9.17, 15) is 19.1 Å². The Morgan fingerprint density at radius 1 is 1.17 bits per heavy atom. The van der Waals surface area contributed by atoms with Crippen LogP contribution in [0.4, 0.5) is 10.1 Å². The monoisotopic (exact) mass is 481 g/mol. The summed E-state index contributed by atoms with van der Waals surface area (Å²) >= 11 is 0. The Labute approximate surface area is 199 Å². The molecule has 10 heteroatoms. The Morgan fingerprint density at radius 3 is 2.63 bits per heavy atom. The second kappa shape index (κ2) is 7.42. The van der Waals surface area contributed by atoms with Gasteiger partial charge in [-0.1, -0.05) is 6.92 Å². The number of hydrogen-bond donors (Lipinski definition) is 2. The fraction of sp³-hybridized carbons (Fsp3) is 0.400. The first-order valence-electron chi connectivity index (χ1n) is 11.6. The number of ether oxygens (including phenoxy) is 3. The largest absolute Gasteiger partial charge is 0.485 e. The number of nitrogens with zero attached hydrogens (tertiary/aromatic N) is 2. The summed E-state index contributed by atoms with van der Waals surface area (Å²) < 4.78 is 33.0. The number of aromatic nitrogens is 2. The molecule has 0 radical (unpaired) electrons. The Morgan fingerprint density at radius 2 is 1.91 bits per heavy atom. The zero-order valence-electron chi connectivity index (χ0n) is 19.5. The third-order valence-corrected chi connectivity index (χ3v) is 6.85. The van der Waals surface area contributed by atoms with Crippen LogP contribution in [0.5, 0.6) is 11.5 Å². The van der Waals surface area contributed by atoms with E-state index in [-0.39, 0.29) is 67.0 Å². The zero-order chi connectivity index (χ0) is 24.6. The van der Waals surface area contributed by atoms with Crippen molar-refractivity contribution in [2.24, 2.45) is 0 Å². The van der Waals surface area contributed by atoms with Gasteiger partial charge in [-0.25, -0.2) is 14.2 Å². The Kier molecular flexibility index (Phi) is 4.63. The minimum atomic E-state index is -1.92. The van der Waals surface area contributed by atoms with Crippen LogP contribution >= 0.6 is 0 Å². The van der Waals surface area contributed by atoms with Crippen molar-refractivity contribution in [3.63, 3.8) is 0 Å². The summed E-state index contributed by atoms with van der Waals surface area (Å²) in [5.74, 6) is -1.04. The SMILES string of the molecule is CC[C@@]1(O)C(=O)OCc2c1cc1n(c2=O)Cc2c-1nc1cc(F)c3c(c1c2NC(C)C)OCCO3. The number of esters is 1. The van der Waals surface area contributed by atoms with E-state index in [2.05, 4.69) is 5.32 Å². The molecule has 6 rings (SSSR count). The Balaban J connectivity index is 1.67. The van der Waals surface area contributed by atoms with E-state index in [4.69, 9.17) is 19.2 Å². The molecular weight excluding hydrogens is 457 g/mol. The lowest BCUT2D eigenvalue weighted by Gasteiger charge is -2.31. The van der Waals surface area contributed by atoms with Gasteiger partial charge in [-0.3, -0.25) is 4.79 Å². The molecule has 3 aromatic rings. The maximum atomic E-state index is 14.9. The molecule has 3 aliphatic rings. The lowest BCUT2D eigenvalue weighted by Crippen LogP contribution is -2.44. The van der Waals surface area contributed by atoms with Crippen LogP contribution in [-0.2, 0) is 28.3 Å². The molecular formula is C25H24FN3O6. The zero-order valence-corrected chi connectivity index (χ0v) is 19.5. The highest BCUT2D eigenvalue weighted by molar-refractivity contribution is 6.03. The number of anilines is 1. The van der Waals surface area contributed by atoms with Gasteiger partial charge in [0.1, 0.15) is 19.8 Å². The molecule has 2 aromatic heterocycles. The number of fused-ring (bicyclic) bond motifs is 7. The molecule has 2 N–H and O–H groups in total. The topological polar surface area (TPSA) is 112 Å². The molecule has 0 amide bonds. The molecule has 0 fully saturated rings. The van der Waals surface area contributed by atoms with Crippen molar-refractivity contribution < 1.29 is 28.5 Å². The van der Waals surface area contributed by atoms with Gasteiger partial charge in [0, 0.05) is 23.2 Å². The van der Waals surface area contributed by atoms with Gasteiger partial charge in [-0.15, -0.1) is 0 Å². The summed E-state index contributed by atoms with van der Waals surface area (Å²) in [5.41, 5.74) is 0.893. The van der Waals surface area contributed by atoms with Gasteiger partial charge in [0.25, 0.3) is 5.56 Å². The molecule has 0 unspecified atom stereocenters. The Bertz CT molecular complexity index is 1500. The van der Waals surface area contributed by atoms with Crippen LogP contribution in [0.25, 0.3) is 22.3 Å². The number of carbonyl (C=O) groups excluding carboxylic acids is 1. The number of nitrogens with one attached hydrogen (secondary N) is 1. The van der Waals surface area contributed by atoms with E-state index in [1.165, 1.54) is 6.07 Å². The molecule has 0 bridgehead atoms. The number of halogens is 1. The highest BCUT2D eigenvalue weighted by atomic mass is 19.1. The fourth-order valence-corrected chi connectivity index (χ4v) is 5.17. The summed E-state index contributed by atoms with van der Waals surface area (Å²) in [4.78, 5) is 30.7. The van der Waals surface area contributed by atoms with E-state index >= 15 is 0 Å². The fourth-order valence-electron chi connectivity index (χ4n) is 5.17. The van der Waals surface area contributed by atoms with Gasteiger partial charge in [0.15, 0.2) is 22.9 Å². The number of cyclic esters (lactones) is 1. The van der Waals surface area contributed by atoms with E-state index in [1.807, 2.05) is 13.8 Å². The third kappa shape index (κ3) is 2.92. The molecule has 182 valence electrons. The van der Waals surface area contributed by atoms with E-state index in [0.29, 0.717) is 28.0 Å². The van der Waals surface area contributed by atoms with Crippen molar-refractivity contribution in [1.29, 1.82) is 0 Å². The predicted molar refractivity (Wildman–Crippen MR) is 124 cm³/mol. The average Bonchev–Trinajstić information content (AvgIpc) is 3.20. The van der Waals surface area contributed by atoms with Crippen LogP contribution in [-0.4, -0.2) is 39.9 Å². The highest BCUT2D eigenvalue weighted by Crippen LogP contribution is 2.48. The minimum Gasteiger partial charge on any atom is -0.485 e. The van der Waals surface area contributed by atoms with Gasteiger partial charge in [0.2, 0.25) is 0 Å². The number of carbonyl (C=O) groups is 1. The van der Waals surface area contributed by atoms with Gasteiger partial charge in [0.05, 0.1) is 40.1 Å². The maximum Gasteiger partial charge on any atom is 0.343 e. The second-order valence-electron chi connectivity index (χ2n) is 9.32. The molecule has 35 heavy (non-hydrogen) atoms. The average molecular weight is 481 g/mol. The second-order valence-corrected chi connectivity index (χ2v) is 9.32. The van der Waals surface area contributed by atoms with Crippen molar-refractivity contribution in [3.05, 3.63) is 45.0 Å². The summed E-state index contributed by atoms with van der Waals surface area (Å²) in [5, 5.41) is 15.1. The van der Waals surface area contributed by atoms with Crippen molar-refractivity contribution in [1.82, 2.24) is 9.55 Å². The van der Waals surface area contributed by atoms with E-state index in [0.717, 1.165) is 5.56 Å². The smallest absolute Gasteiger partial charge is 0.343 e. The van der Waals surface area contributed by atoms with Crippen LogP contribution in [0.2, 0.25) is 0 Å². The standard InChI is InChI=1S/C25H24FN3O6/c1-4-25(32)14-7-17-19-12(9-29(17)23(30)13(14)10-35-24(25)31)20(27-11(2)3)18-16(28-19)8-15(26)21-22(18)34-6-5-33-21/h7-8,11,32H,4-6,9-10H2,1-3H3,(H,27,28)/t25-/m0/s1. The normalized spacial score (nSPS) is 19.9.